The van der Waals surface area contributed by atoms with Gasteiger partial charge in [-0.2, -0.15) is 17.6 Å². The predicted octanol–water partition coefficient (Wildman–Crippen LogP) is 5.02. The van der Waals surface area contributed by atoms with E-state index in [1.165, 1.54) is 30.6 Å². The van der Waals surface area contributed by atoms with Crippen molar-refractivity contribution in [2.24, 2.45) is 0 Å². The van der Waals surface area contributed by atoms with Crippen LogP contribution < -0.4 is 20.1 Å². The fourth-order valence-corrected chi connectivity index (χ4v) is 4.44. The van der Waals surface area contributed by atoms with Gasteiger partial charge in [0.1, 0.15) is 34.8 Å². The van der Waals surface area contributed by atoms with Crippen molar-refractivity contribution >= 4 is 49.9 Å². The highest BCUT2D eigenvalue weighted by Crippen LogP contribution is 2.35. The molecule has 41 heavy (non-hydrogen) atoms. The molecule has 1 amide bonds. The average molecular weight is 616 g/mol. The third kappa shape index (κ3) is 7.98. The number of aromatic nitrogens is 3. The third-order valence-electron chi connectivity index (χ3n) is 5.35. The molecular formula is C25H22ClF4N5O5S. The van der Waals surface area contributed by atoms with Gasteiger partial charge < -0.3 is 24.7 Å². The molecule has 0 radical (unpaired) electrons. The van der Waals surface area contributed by atoms with E-state index < -0.39 is 39.8 Å². The van der Waals surface area contributed by atoms with Crippen LogP contribution in [0.25, 0.3) is 11.0 Å². The largest absolute Gasteiger partial charge is 0.461 e. The summed E-state index contributed by atoms with van der Waals surface area (Å²) in [6.45, 7) is 0.469. The van der Waals surface area contributed by atoms with Crippen molar-refractivity contribution < 1.29 is 40.2 Å². The molecule has 0 bridgehead atoms. The van der Waals surface area contributed by atoms with Crippen LogP contribution in [-0.2, 0) is 21.2 Å². The Morgan fingerprint density at radius 3 is 2.59 bits per heavy atom. The fourth-order valence-electron chi connectivity index (χ4n) is 3.64. The first kappa shape index (κ1) is 29.9. The van der Waals surface area contributed by atoms with Crippen molar-refractivity contribution in [2.45, 2.75) is 19.1 Å². The van der Waals surface area contributed by atoms with Gasteiger partial charge in [0.15, 0.2) is 15.7 Å². The van der Waals surface area contributed by atoms with E-state index in [-0.39, 0.29) is 23.1 Å². The minimum absolute atomic E-state index is 0.0224. The van der Waals surface area contributed by atoms with E-state index >= 15 is 0 Å². The highest BCUT2D eigenvalue weighted by Gasteiger charge is 2.44. The maximum atomic E-state index is 13.2. The molecule has 0 aliphatic carbocycles. The second kappa shape index (κ2) is 12.2. The van der Waals surface area contributed by atoms with Crippen LogP contribution in [0, 0.1) is 0 Å². The van der Waals surface area contributed by atoms with Crippen LogP contribution in [0.2, 0.25) is 5.02 Å². The summed E-state index contributed by atoms with van der Waals surface area (Å²) in [5, 5.41) is 5.82. The molecule has 0 unspecified atom stereocenters. The Kier molecular flexibility index (Phi) is 8.87. The number of hydrogen-bond acceptors (Lipinski definition) is 8. The minimum Gasteiger partial charge on any atom is -0.456 e. The molecule has 2 aromatic carbocycles. The molecule has 0 spiro atoms. The molecule has 0 saturated heterocycles. The lowest BCUT2D eigenvalue weighted by Gasteiger charge is -2.17. The Morgan fingerprint density at radius 2 is 1.88 bits per heavy atom. The van der Waals surface area contributed by atoms with E-state index in [1.54, 1.807) is 22.9 Å². The van der Waals surface area contributed by atoms with E-state index in [0.717, 1.165) is 18.4 Å². The standard InChI is InChI=1S/C25H22ClF4N5O5S/c1-41(37,38)13-21(36)31-8-10-35-9-7-19-22(35)23(33-14-32-19)34-15-5-6-20(18(26)11-15)39-16-3-2-4-17(12-16)40-25(29,30)24(27)28/h2-7,9,11-12,14,24H,8,10,13H2,1H3,(H,31,36)(H,32,33,34). The van der Waals surface area contributed by atoms with Gasteiger partial charge >= 0.3 is 12.5 Å². The molecule has 2 N–H and O–H groups in total. The van der Waals surface area contributed by atoms with Crippen molar-refractivity contribution in [2.75, 3.05) is 23.9 Å². The summed E-state index contributed by atoms with van der Waals surface area (Å²) in [7, 11) is -3.45. The lowest BCUT2D eigenvalue weighted by atomic mass is 10.2. The number of alkyl halides is 4. The highest BCUT2D eigenvalue weighted by atomic mass is 35.5. The number of ether oxygens (including phenoxy) is 2. The van der Waals surface area contributed by atoms with Crippen LogP contribution in [0.3, 0.4) is 0 Å². The normalized spacial score (nSPS) is 12.0. The quantitative estimate of drug-likeness (QED) is 0.213. The summed E-state index contributed by atoms with van der Waals surface area (Å²) < 4.78 is 85.4. The molecule has 0 aliphatic rings. The maximum Gasteiger partial charge on any atom is 0.461 e. The van der Waals surface area contributed by atoms with Crippen LogP contribution in [0.4, 0.5) is 29.1 Å². The number of hydrogen-bond donors (Lipinski definition) is 2. The predicted molar refractivity (Wildman–Crippen MR) is 143 cm³/mol. The number of rotatable bonds is 12. The molecule has 16 heteroatoms. The number of amides is 1. The number of nitrogens with zero attached hydrogens (tertiary/aromatic N) is 3. The molecule has 0 fully saturated rings. The molecule has 218 valence electrons. The molecule has 4 rings (SSSR count). The Labute approximate surface area is 236 Å². The number of sulfone groups is 1. The topological polar surface area (TPSA) is 124 Å². The number of halogens is 5. The van der Waals surface area contributed by atoms with Crippen molar-refractivity contribution in [1.29, 1.82) is 0 Å². The molecule has 10 nitrogen and oxygen atoms in total. The van der Waals surface area contributed by atoms with Gasteiger partial charge in [-0.05, 0) is 36.4 Å². The van der Waals surface area contributed by atoms with E-state index in [0.29, 0.717) is 29.1 Å². The van der Waals surface area contributed by atoms with Gasteiger partial charge in [-0.1, -0.05) is 17.7 Å². The zero-order valence-corrected chi connectivity index (χ0v) is 22.7. The SMILES string of the molecule is CS(=O)(=O)CC(=O)NCCn1ccc2ncnc(Nc3ccc(Oc4cccc(OC(F)(F)C(F)F)c4)c(Cl)c3)c21. The van der Waals surface area contributed by atoms with Crippen LogP contribution in [0.15, 0.2) is 61.1 Å². The first-order valence-corrected chi connectivity index (χ1v) is 14.2. The van der Waals surface area contributed by atoms with E-state index in [4.69, 9.17) is 16.3 Å². The van der Waals surface area contributed by atoms with Gasteiger partial charge in [0.2, 0.25) is 5.91 Å². The lowest BCUT2D eigenvalue weighted by Crippen LogP contribution is -2.33. The minimum atomic E-state index is -4.66. The van der Waals surface area contributed by atoms with Gasteiger partial charge in [-0.25, -0.2) is 18.4 Å². The maximum absolute atomic E-state index is 13.2. The average Bonchev–Trinajstić information content (AvgIpc) is 3.28. The smallest absolute Gasteiger partial charge is 0.456 e. The lowest BCUT2D eigenvalue weighted by molar-refractivity contribution is -0.253. The van der Waals surface area contributed by atoms with Gasteiger partial charge in [0.25, 0.3) is 0 Å². The highest BCUT2D eigenvalue weighted by molar-refractivity contribution is 7.91. The second-order valence-electron chi connectivity index (χ2n) is 8.70. The van der Waals surface area contributed by atoms with E-state index in [2.05, 4.69) is 25.3 Å². The Morgan fingerprint density at radius 1 is 1.12 bits per heavy atom. The Hall–Kier alpha value is -4.11. The van der Waals surface area contributed by atoms with E-state index in [9.17, 15) is 30.8 Å². The number of benzene rings is 2. The number of anilines is 2. The molecule has 0 aliphatic heterocycles. The van der Waals surface area contributed by atoms with Gasteiger partial charge in [-0.15, -0.1) is 0 Å². The monoisotopic (exact) mass is 615 g/mol. The summed E-state index contributed by atoms with van der Waals surface area (Å²) in [4.78, 5) is 20.3. The van der Waals surface area contributed by atoms with Crippen LogP contribution in [0.5, 0.6) is 17.2 Å². The van der Waals surface area contributed by atoms with Crippen molar-refractivity contribution in [3.63, 3.8) is 0 Å². The van der Waals surface area contributed by atoms with Gasteiger partial charge in [0, 0.05) is 37.3 Å². The van der Waals surface area contributed by atoms with Crippen LogP contribution in [0.1, 0.15) is 0 Å². The number of fused-ring (bicyclic) bond motifs is 1. The summed E-state index contributed by atoms with van der Waals surface area (Å²) in [5.41, 5.74) is 1.72. The molecule has 0 saturated carbocycles. The Balaban J connectivity index is 1.46. The van der Waals surface area contributed by atoms with Crippen molar-refractivity contribution in [1.82, 2.24) is 19.9 Å². The van der Waals surface area contributed by atoms with E-state index in [1.807, 2.05) is 0 Å². The first-order chi connectivity index (χ1) is 19.3. The fraction of sp³-hybridized carbons (Fsp3) is 0.240. The molecule has 4 aromatic rings. The summed E-state index contributed by atoms with van der Waals surface area (Å²) in [6, 6.07) is 11.2. The van der Waals surface area contributed by atoms with Crippen molar-refractivity contribution in [3.05, 3.63) is 66.1 Å². The third-order valence-corrected chi connectivity index (χ3v) is 6.44. The van der Waals surface area contributed by atoms with Crippen molar-refractivity contribution in [3.8, 4) is 17.2 Å². The second-order valence-corrected chi connectivity index (χ2v) is 11.2. The van der Waals surface area contributed by atoms with Gasteiger partial charge in [0.05, 0.1) is 10.5 Å². The molecule has 0 atom stereocenters. The summed E-state index contributed by atoms with van der Waals surface area (Å²) in [5.74, 6) is -1.15. The molecule has 2 heterocycles. The number of carbonyl (C=O) groups is 1. The zero-order valence-electron chi connectivity index (χ0n) is 21.2. The van der Waals surface area contributed by atoms with Crippen LogP contribution in [-0.4, -0.2) is 59.9 Å². The first-order valence-electron chi connectivity index (χ1n) is 11.7. The Bertz CT molecular complexity index is 1670. The number of carbonyl (C=O) groups excluding carboxylic acids is 1. The van der Waals surface area contributed by atoms with Gasteiger partial charge in [-0.3, -0.25) is 4.79 Å². The van der Waals surface area contributed by atoms with Crippen LogP contribution >= 0.6 is 11.6 Å². The number of nitrogens with one attached hydrogen (secondary N) is 2. The summed E-state index contributed by atoms with van der Waals surface area (Å²) in [6.07, 6.45) is -4.60. The molecule has 2 aromatic heterocycles. The molecular weight excluding hydrogens is 594 g/mol. The summed E-state index contributed by atoms with van der Waals surface area (Å²) >= 11 is 6.37. The zero-order chi connectivity index (χ0) is 29.8.